The summed E-state index contributed by atoms with van der Waals surface area (Å²) in [5, 5.41) is 2.99. The van der Waals surface area contributed by atoms with Crippen LogP contribution in [0.5, 0.6) is 0 Å². The normalized spacial score (nSPS) is 10.4. The molecule has 0 saturated carbocycles. The number of carbonyl (C=O) groups excluding carboxylic acids is 2. The molecule has 0 atom stereocenters. The maximum Gasteiger partial charge on any atom is 0.313 e. The fraction of sp³-hybridized carbons (Fsp3) is 0.800. The van der Waals surface area contributed by atoms with Gasteiger partial charge >= 0.3 is 5.97 Å². The number of Topliss-reactive ketones (excluding diaryl/α,β-unsaturated/α-hetero) is 1. The van der Waals surface area contributed by atoms with Crippen molar-refractivity contribution in [3.63, 3.8) is 0 Å². The van der Waals surface area contributed by atoms with Gasteiger partial charge in [0.2, 0.25) is 0 Å². The number of nitrogens with zero attached hydrogens (tertiary/aromatic N) is 1. The van der Waals surface area contributed by atoms with Crippen molar-refractivity contribution in [2.24, 2.45) is 0 Å². The highest BCUT2D eigenvalue weighted by atomic mass is 16.5. The Balaban J connectivity index is 3.68. The van der Waals surface area contributed by atoms with E-state index in [1.807, 2.05) is 19.0 Å². The van der Waals surface area contributed by atoms with Crippen LogP contribution in [0.15, 0.2) is 0 Å². The van der Waals surface area contributed by atoms with Gasteiger partial charge in [0.25, 0.3) is 0 Å². The third-order valence-corrected chi connectivity index (χ3v) is 1.84. The predicted octanol–water partition coefficient (Wildman–Crippen LogP) is -0.340. The van der Waals surface area contributed by atoms with Crippen LogP contribution in [0.2, 0.25) is 0 Å². The van der Waals surface area contributed by atoms with Crippen LogP contribution in [-0.2, 0) is 14.3 Å². The number of ketones is 1. The van der Waals surface area contributed by atoms with Crippen LogP contribution >= 0.6 is 0 Å². The quantitative estimate of drug-likeness (QED) is 0.444. The average molecular weight is 216 g/mol. The Labute approximate surface area is 90.8 Å². The van der Waals surface area contributed by atoms with Gasteiger partial charge in [0.15, 0.2) is 5.78 Å². The maximum absolute atomic E-state index is 11.3. The summed E-state index contributed by atoms with van der Waals surface area (Å²) in [6, 6.07) is 0. The summed E-state index contributed by atoms with van der Waals surface area (Å²) in [6.45, 7) is 3.94. The zero-order chi connectivity index (χ0) is 11.7. The molecular formula is C10H20N2O3. The van der Waals surface area contributed by atoms with Crippen molar-refractivity contribution >= 4 is 11.8 Å². The molecule has 5 nitrogen and oxygen atoms in total. The van der Waals surface area contributed by atoms with Crippen LogP contribution in [0.25, 0.3) is 0 Å². The number of esters is 1. The number of hydrogen-bond donors (Lipinski definition) is 1. The monoisotopic (exact) mass is 216 g/mol. The number of nitrogens with one attached hydrogen (secondary N) is 1. The number of rotatable bonds is 8. The Morgan fingerprint density at radius 1 is 1.40 bits per heavy atom. The first-order valence-corrected chi connectivity index (χ1v) is 5.10. The molecule has 15 heavy (non-hydrogen) atoms. The first-order chi connectivity index (χ1) is 7.10. The van der Waals surface area contributed by atoms with E-state index in [1.165, 1.54) is 0 Å². The van der Waals surface area contributed by atoms with E-state index in [2.05, 4.69) is 10.1 Å². The lowest BCUT2D eigenvalue weighted by molar-refractivity contribution is -0.145. The molecule has 0 amide bonds. The van der Waals surface area contributed by atoms with Crippen molar-refractivity contribution in [3.05, 3.63) is 0 Å². The average Bonchev–Trinajstić information content (AvgIpc) is 2.14. The third-order valence-electron chi connectivity index (χ3n) is 1.84. The minimum absolute atomic E-state index is 0.105. The molecule has 0 aromatic carbocycles. The maximum atomic E-state index is 11.3. The molecule has 0 aliphatic heterocycles. The van der Waals surface area contributed by atoms with Crippen molar-refractivity contribution in [1.29, 1.82) is 0 Å². The van der Waals surface area contributed by atoms with E-state index in [4.69, 9.17) is 0 Å². The van der Waals surface area contributed by atoms with Gasteiger partial charge in [-0.15, -0.1) is 0 Å². The molecule has 0 aromatic heterocycles. The lowest BCUT2D eigenvalue weighted by Gasteiger charge is -2.14. The van der Waals surface area contributed by atoms with E-state index in [0.29, 0.717) is 13.2 Å². The second kappa shape index (κ2) is 8.38. The molecule has 5 heteroatoms. The third kappa shape index (κ3) is 8.08. The largest absolute Gasteiger partial charge is 0.466 e. The van der Waals surface area contributed by atoms with Crippen LogP contribution in [0.3, 0.4) is 0 Å². The smallest absolute Gasteiger partial charge is 0.313 e. The van der Waals surface area contributed by atoms with Crippen LogP contribution < -0.4 is 5.32 Å². The first-order valence-electron chi connectivity index (χ1n) is 5.10. The zero-order valence-electron chi connectivity index (χ0n) is 9.71. The van der Waals surface area contributed by atoms with Gasteiger partial charge in [-0.25, -0.2) is 0 Å². The molecule has 0 radical (unpaired) electrons. The van der Waals surface area contributed by atoms with Gasteiger partial charge in [0.1, 0.15) is 6.42 Å². The number of likely N-dealkylation sites (N-methyl/N-ethyl adjacent to an activating group) is 2. The molecule has 0 fully saturated rings. The molecule has 0 spiro atoms. The Morgan fingerprint density at radius 3 is 2.60 bits per heavy atom. The summed E-state index contributed by atoms with van der Waals surface area (Å²) in [5.41, 5.74) is 0. The highest BCUT2D eigenvalue weighted by molar-refractivity contribution is 5.96. The minimum atomic E-state index is -0.440. The fourth-order valence-corrected chi connectivity index (χ4v) is 1.11. The van der Waals surface area contributed by atoms with Gasteiger partial charge in [-0.1, -0.05) is 0 Å². The van der Waals surface area contributed by atoms with Gasteiger partial charge < -0.3 is 10.1 Å². The summed E-state index contributed by atoms with van der Waals surface area (Å²) >= 11 is 0. The Morgan fingerprint density at radius 2 is 2.07 bits per heavy atom. The lowest BCUT2D eigenvalue weighted by Crippen LogP contribution is -2.32. The predicted molar refractivity (Wildman–Crippen MR) is 57.7 cm³/mol. The molecule has 1 N–H and O–H groups in total. The number of hydrogen-bond acceptors (Lipinski definition) is 5. The van der Waals surface area contributed by atoms with E-state index in [1.54, 1.807) is 6.92 Å². The molecule has 0 aliphatic rings. The van der Waals surface area contributed by atoms with Crippen LogP contribution in [-0.4, -0.2) is 57.0 Å². The van der Waals surface area contributed by atoms with Crippen molar-refractivity contribution in [2.75, 3.05) is 40.3 Å². The molecular weight excluding hydrogens is 196 g/mol. The SMILES string of the molecule is CCOC(=O)CC(=O)CN(C)CCNC. The summed E-state index contributed by atoms with van der Waals surface area (Å²) in [6.07, 6.45) is -0.127. The minimum Gasteiger partial charge on any atom is -0.466 e. The highest BCUT2D eigenvalue weighted by Gasteiger charge is 2.11. The summed E-state index contributed by atoms with van der Waals surface area (Å²) in [5.74, 6) is -0.545. The van der Waals surface area contributed by atoms with Gasteiger partial charge in [0.05, 0.1) is 13.2 Å². The summed E-state index contributed by atoms with van der Waals surface area (Å²) < 4.78 is 4.68. The van der Waals surface area contributed by atoms with Crippen LogP contribution in [0.4, 0.5) is 0 Å². The van der Waals surface area contributed by atoms with Crippen molar-refractivity contribution < 1.29 is 14.3 Å². The molecule has 0 aliphatic carbocycles. The van der Waals surface area contributed by atoms with E-state index >= 15 is 0 Å². The Hall–Kier alpha value is -0.940. The number of ether oxygens (including phenoxy) is 1. The van der Waals surface area contributed by atoms with Gasteiger partial charge in [-0.05, 0) is 21.0 Å². The van der Waals surface area contributed by atoms with Gasteiger partial charge in [-0.3, -0.25) is 14.5 Å². The van der Waals surface area contributed by atoms with E-state index in [9.17, 15) is 9.59 Å². The van der Waals surface area contributed by atoms with Crippen molar-refractivity contribution in [1.82, 2.24) is 10.2 Å². The van der Waals surface area contributed by atoms with E-state index in [-0.39, 0.29) is 12.2 Å². The summed E-state index contributed by atoms with van der Waals surface area (Å²) in [7, 11) is 3.70. The van der Waals surface area contributed by atoms with Crippen molar-refractivity contribution in [2.45, 2.75) is 13.3 Å². The Kier molecular flexibility index (Phi) is 7.85. The molecule has 88 valence electrons. The van der Waals surface area contributed by atoms with E-state index < -0.39 is 5.97 Å². The van der Waals surface area contributed by atoms with Crippen LogP contribution in [0.1, 0.15) is 13.3 Å². The summed E-state index contributed by atoms with van der Waals surface area (Å²) in [4.78, 5) is 24.2. The van der Waals surface area contributed by atoms with Crippen LogP contribution in [0, 0.1) is 0 Å². The lowest BCUT2D eigenvalue weighted by atomic mass is 10.2. The fourth-order valence-electron chi connectivity index (χ4n) is 1.11. The first kappa shape index (κ1) is 14.1. The zero-order valence-corrected chi connectivity index (χ0v) is 9.71. The van der Waals surface area contributed by atoms with E-state index in [0.717, 1.165) is 13.1 Å². The molecule has 0 saturated heterocycles. The Bertz CT molecular complexity index is 207. The highest BCUT2D eigenvalue weighted by Crippen LogP contribution is 1.91. The molecule has 0 rings (SSSR count). The number of carbonyl (C=O) groups is 2. The van der Waals surface area contributed by atoms with Gasteiger partial charge in [0, 0.05) is 13.1 Å². The molecule has 0 unspecified atom stereocenters. The molecule has 0 heterocycles. The topological polar surface area (TPSA) is 58.6 Å². The second-order valence-corrected chi connectivity index (χ2v) is 3.36. The second-order valence-electron chi connectivity index (χ2n) is 3.36. The standard InChI is InChI=1S/C10H20N2O3/c1-4-15-10(14)7-9(13)8-12(3)6-5-11-2/h11H,4-8H2,1-3H3. The molecule has 0 aromatic rings. The van der Waals surface area contributed by atoms with Crippen molar-refractivity contribution in [3.8, 4) is 0 Å². The molecule has 0 bridgehead atoms. The van der Waals surface area contributed by atoms with Gasteiger partial charge in [-0.2, -0.15) is 0 Å².